The van der Waals surface area contributed by atoms with E-state index in [0.717, 1.165) is 5.56 Å². The standard InChI is InChI=1S/C9H10ClN3O3S2/c1-16-4-3-13-8(7-2-5-17-6-7)11-12-9(13)18(10,14)15/h2,5-6H,3-4H2,1H3. The van der Waals surface area contributed by atoms with E-state index in [0.29, 0.717) is 19.0 Å². The van der Waals surface area contributed by atoms with Crippen molar-refractivity contribution in [3.8, 4) is 11.4 Å². The third-order valence-electron chi connectivity index (χ3n) is 2.23. The normalized spacial score (nSPS) is 11.9. The molecule has 6 nitrogen and oxygen atoms in total. The maximum absolute atomic E-state index is 11.4. The Balaban J connectivity index is 2.51. The Morgan fingerprint density at radius 1 is 1.50 bits per heavy atom. The fourth-order valence-electron chi connectivity index (χ4n) is 1.46. The van der Waals surface area contributed by atoms with Crippen LogP contribution in [0.25, 0.3) is 11.4 Å². The Morgan fingerprint density at radius 2 is 2.28 bits per heavy atom. The quantitative estimate of drug-likeness (QED) is 0.784. The van der Waals surface area contributed by atoms with E-state index in [1.54, 1.807) is 0 Å². The first-order chi connectivity index (χ1) is 8.54. The first-order valence-corrected chi connectivity index (χ1v) is 8.18. The number of rotatable bonds is 5. The van der Waals surface area contributed by atoms with Gasteiger partial charge in [-0.15, -0.1) is 10.2 Å². The fraction of sp³-hybridized carbons (Fsp3) is 0.333. The predicted octanol–water partition coefficient (Wildman–Crippen LogP) is 1.58. The third-order valence-corrected chi connectivity index (χ3v) is 4.07. The molecule has 0 atom stereocenters. The molecule has 0 aliphatic heterocycles. The van der Waals surface area contributed by atoms with Gasteiger partial charge in [-0.25, -0.2) is 8.42 Å². The van der Waals surface area contributed by atoms with E-state index in [1.165, 1.54) is 23.0 Å². The number of hydrogen-bond donors (Lipinski definition) is 0. The average molecular weight is 308 g/mol. The number of nitrogens with zero attached hydrogens (tertiary/aromatic N) is 3. The SMILES string of the molecule is COCCn1c(-c2ccsc2)nnc1S(=O)(=O)Cl. The van der Waals surface area contributed by atoms with Gasteiger partial charge < -0.3 is 4.74 Å². The van der Waals surface area contributed by atoms with Crippen LogP contribution < -0.4 is 0 Å². The Bertz CT molecular complexity index is 622. The summed E-state index contributed by atoms with van der Waals surface area (Å²) in [5, 5.41) is 11.0. The van der Waals surface area contributed by atoms with Crippen LogP contribution in [0.2, 0.25) is 0 Å². The Kier molecular flexibility index (Phi) is 4.00. The van der Waals surface area contributed by atoms with Crippen LogP contribution in [0.5, 0.6) is 0 Å². The van der Waals surface area contributed by atoms with Crippen molar-refractivity contribution in [1.82, 2.24) is 14.8 Å². The fourth-order valence-corrected chi connectivity index (χ4v) is 3.01. The summed E-state index contributed by atoms with van der Waals surface area (Å²) >= 11 is 1.49. The zero-order valence-corrected chi connectivity index (χ0v) is 11.8. The maximum Gasteiger partial charge on any atom is 0.296 e. The van der Waals surface area contributed by atoms with Crippen LogP contribution in [-0.4, -0.2) is 36.9 Å². The summed E-state index contributed by atoms with van der Waals surface area (Å²) in [5.74, 6) is 0.465. The highest BCUT2D eigenvalue weighted by atomic mass is 35.7. The maximum atomic E-state index is 11.4. The predicted molar refractivity (Wildman–Crippen MR) is 68.2 cm³/mol. The van der Waals surface area contributed by atoms with E-state index in [-0.39, 0.29) is 5.16 Å². The smallest absolute Gasteiger partial charge is 0.296 e. The summed E-state index contributed by atoms with van der Waals surface area (Å²) in [6, 6.07) is 1.84. The number of aromatic nitrogens is 3. The van der Waals surface area contributed by atoms with Crippen molar-refractivity contribution >= 4 is 31.1 Å². The molecule has 0 saturated carbocycles. The van der Waals surface area contributed by atoms with Gasteiger partial charge in [0.25, 0.3) is 14.2 Å². The third kappa shape index (κ3) is 2.72. The van der Waals surface area contributed by atoms with Gasteiger partial charge in [0.15, 0.2) is 5.82 Å². The molecule has 0 fully saturated rings. The van der Waals surface area contributed by atoms with Crippen LogP contribution in [0.1, 0.15) is 0 Å². The Hall–Kier alpha value is -0.960. The van der Waals surface area contributed by atoms with E-state index < -0.39 is 9.05 Å². The molecule has 0 bridgehead atoms. The topological polar surface area (TPSA) is 74.1 Å². The van der Waals surface area contributed by atoms with Gasteiger partial charge in [0.1, 0.15) is 0 Å². The van der Waals surface area contributed by atoms with Crippen LogP contribution in [0, 0.1) is 0 Å². The lowest BCUT2D eigenvalue weighted by Crippen LogP contribution is -2.11. The monoisotopic (exact) mass is 307 g/mol. The zero-order valence-electron chi connectivity index (χ0n) is 9.41. The van der Waals surface area contributed by atoms with E-state index in [9.17, 15) is 8.42 Å². The molecule has 0 aliphatic carbocycles. The summed E-state index contributed by atoms with van der Waals surface area (Å²) in [6.45, 7) is 0.657. The number of hydrogen-bond acceptors (Lipinski definition) is 6. The van der Waals surface area contributed by atoms with Gasteiger partial charge in [0, 0.05) is 28.7 Å². The molecular formula is C9H10ClN3O3S2. The van der Waals surface area contributed by atoms with Crippen molar-refractivity contribution in [1.29, 1.82) is 0 Å². The molecule has 0 aromatic carbocycles. The van der Waals surface area contributed by atoms with Crippen molar-refractivity contribution in [2.45, 2.75) is 11.7 Å². The molecule has 9 heteroatoms. The van der Waals surface area contributed by atoms with Crippen molar-refractivity contribution < 1.29 is 13.2 Å². The van der Waals surface area contributed by atoms with Crippen molar-refractivity contribution in [3.05, 3.63) is 16.8 Å². The van der Waals surface area contributed by atoms with Gasteiger partial charge in [0.05, 0.1) is 13.2 Å². The van der Waals surface area contributed by atoms with Crippen LogP contribution in [0.15, 0.2) is 22.0 Å². The molecule has 0 radical (unpaired) electrons. The molecule has 2 aromatic heterocycles. The highest BCUT2D eigenvalue weighted by molar-refractivity contribution is 8.13. The average Bonchev–Trinajstić information content (AvgIpc) is 2.93. The van der Waals surface area contributed by atoms with E-state index in [1.807, 2.05) is 16.8 Å². The minimum atomic E-state index is -3.92. The largest absolute Gasteiger partial charge is 0.383 e. The molecule has 0 N–H and O–H groups in total. The molecule has 0 unspecified atom stereocenters. The lowest BCUT2D eigenvalue weighted by molar-refractivity contribution is 0.185. The van der Waals surface area contributed by atoms with E-state index >= 15 is 0 Å². The second-order valence-electron chi connectivity index (χ2n) is 3.40. The minimum Gasteiger partial charge on any atom is -0.383 e. The molecule has 98 valence electrons. The van der Waals surface area contributed by atoms with Gasteiger partial charge in [-0.1, -0.05) is 0 Å². The summed E-state index contributed by atoms with van der Waals surface area (Å²) < 4.78 is 29.2. The van der Waals surface area contributed by atoms with Gasteiger partial charge >= 0.3 is 0 Å². The summed E-state index contributed by atoms with van der Waals surface area (Å²) in [7, 11) is 2.93. The first-order valence-electron chi connectivity index (χ1n) is 4.93. The zero-order chi connectivity index (χ0) is 13.2. The molecule has 2 aromatic rings. The second-order valence-corrected chi connectivity index (χ2v) is 6.64. The number of halogens is 1. The highest BCUT2D eigenvalue weighted by Gasteiger charge is 2.23. The molecule has 0 aliphatic rings. The molecule has 2 heterocycles. The van der Waals surface area contributed by atoms with Crippen molar-refractivity contribution in [2.24, 2.45) is 0 Å². The second kappa shape index (κ2) is 5.35. The van der Waals surface area contributed by atoms with Crippen LogP contribution >= 0.6 is 22.0 Å². The molecule has 0 spiro atoms. The van der Waals surface area contributed by atoms with Gasteiger partial charge in [-0.05, 0) is 11.4 Å². The van der Waals surface area contributed by atoms with Gasteiger partial charge in [-0.3, -0.25) is 4.57 Å². The van der Waals surface area contributed by atoms with Crippen LogP contribution in [-0.2, 0) is 20.3 Å². The van der Waals surface area contributed by atoms with Crippen molar-refractivity contribution in [2.75, 3.05) is 13.7 Å². The lowest BCUT2D eigenvalue weighted by atomic mass is 10.3. The van der Waals surface area contributed by atoms with Crippen LogP contribution in [0.4, 0.5) is 0 Å². The summed E-state index contributed by atoms with van der Waals surface area (Å²) in [5.41, 5.74) is 0.801. The molecule has 2 rings (SSSR count). The van der Waals surface area contributed by atoms with E-state index in [4.69, 9.17) is 15.4 Å². The van der Waals surface area contributed by atoms with Crippen LogP contribution in [0.3, 0.4) is 0 Å². The van der Waals surface area contributed by atoms with E-state index in [2.05, 4.69) is 10.2 Å². The highest BCUT2D eigenvalue weighted by Crippen LogP contribution is 2.24. The van der Waals surface area contributed by atoms with Crippen molar-refractivity contribution in [3.63, 3.8) is 0 Å². The molecule has 18 heavy (non-hydrogen) atoms. The van der Waals surface area contributed by atoms with Gasteiger partial charge in [-0.2, -0.15) is 11.3 Å². The molecule has 0 amide bonds. The number of ether oxygens (including phenoxy) is 1. The summed E-state index contributed by atoms with van der Waals surface area (Å²) in [4.78, 5) is 0. The number of methoxy groups -OCH3 is 1. The molecular weight excluding hydrogens is 298 g/mol. The summed E-state index contributed by atoms with van der Waals surface area (Å²) in [6.07, 6.45) is 0. The number of thiophene rings is 1. The lowest BCUT2D eigenvalue weighted by Gasteiger charge is -2.06. The first kappa shape index (κ1) is 13.5. The molecule has 0 saturated heterocycles. The minimum absolute atomic E-state index is 0.262. The Morgan fingerprint density at radius 3 is 2.83 bits per heavy atom. The Labute approximate surface area is 113 Å². The van der Waals surface area contributed by atoms with Gasteiger partial charge in [0.2, 0.25) is 0 Å².